The predicted molar refractivity (Wildman–Crippen MR) is 118 cm³/mol. The van der Waals surface area contributed by atoms with E-state index in [0.717, 1.165) is 18.4 Å². The number of carboxylic acid groups (broad SMARTS) is 1. The number of hydrogen-bond donors (Lipinski definition) is 2. The quantitative estimate of drug-likeness (QED) is 0.365. The molecule has 1 atom stereocenters. The molecule has 0 bridgehead atoms. The van der Waals surface area contributed by atoms with Crippen LogP contribution in [0.4, 0.5) is 4.79 Å². The number of carbonyl (C=O) groups is 2. The van der Waals surface area contributed by atoms with Crippen LogP contribution in [-0.2, 0) is 23.1 Å². The number of carbonyl (C=O) groups excluding carboxylic acids is 1. The van der Waals surface area contributed by atoms with Gasteiger partial charge in [0, 0.05) is 5.41 Å². The summed E-state index contributed by atoms with van der Waals surface area (Å²) in [6, 6.07) is -1.03. The van der Waals surface area contributed by atoms with Crippen LogP contribution in [0.15, 0.2) is 47.8 Å². The van der Waals surface area contributed by atoms with Crippen LogP contribution in [0, 0.1) is 5.41 Å². The fourth-order valence-electron chi connectivity index (χ4n) is 3.34. The number of Topliss-reactive ketones (excluding diaryl/α,β-unsaturated/α-hetero) is 1. The first-order valence-corrected chi connectivity index (χ1v) is 14.1. The Morgan fingerprint density at radius 1 is 1.27 bits per heavy atom. The van der Waals surface area contributed by atoms with Crippen LogP contribution < -0.4 is 5.32 Å². The third-order valence-corrected chi connectivity index (χ3v) is 6.03. The number of ketones is 1. The van der Waals surface area contributed by atoms with E-state index >= 15 is 0 Å². The Balaban J connectivity index is 2.16. The predicted octanol–water partition coefficient (Wildman–Crippen LogP) is 2.24. The van der Waals surface area contributed by atoms with E-state index in [9.17, 15) is 14.7 Å². The molecule has 0 spiro atoms. The van der Waals surface area contributed by atoms with Crippen LogP contribution in [0.2, 0.25) is 13.1 Å². The Hall–Kier alpha value is -2.15. The molecule has 1 heterocycles. The third kappa shape index (κ3) is 6.69. The fraction of sp³-hybridized carbons (Fsp3) is 0.500. The average Bonchev–Trinajstić information content (AvgIpc) is 2.73. The number of rotatable bonds is 11. The zero-order chi connectivity index (χ0) is 22.1. The van der Waals surface area contributed by atoms with Crippen LogP contribution in [0.3, 0.4) is 0 Å². The van der Waals surface area contributed by atoms with Crippen molar-refractivity contribution in [1.29, 1.82) is 0 Å². The summed E-state index contributed by atoms with van der Waals surface area (Å²) in [4.78, 5) is 24.5. The van der Waals surface area contributed by atoms with Crippen LogP contribution >= 0.6 is 0 Å². The molecule has 1 unspecified atom stereocenters. The smallest absolute Gasteiger partial charge is 0.405 e. The van der Waals surface area contributed by atoms with Gasteiger partial charge in [-0.05, 0) is 24.8 Å². The van der Waals surface area contributed by atoms with Gasteiger partial charge in [-0.2, -0.15) is 0 Å². The maximum Gasteiger partial charge on any atom is 0.405 e. The van der Waals surface area contributed by atoms with Crippen molar-refractivity contribution in [2.75, 3.05) is 0 Å². The van der Waals surface area contributed by atoms with Crippen LogP contribution in [-0.4, -0.2) is 48.8 Å². The molecule has 8 nitrogen and oxygen atoms in total. The van der Waals surface area contributed by atoms with Gasteiger partial charge in [0.05, 0.1) is 6.04 Å². The average molecular weight is 454 g/mol. The van der Waals surface area contributed by atoms with Crippen molar-refractivity contribution in [2.24, 2.45) is 5.41 Å². The number of nitrogens with one attached hydrogen (secondary N) is 1. The van der Waals surface area contributed by atoms with Crippen LogP contribution in [0.5, 0.6) is 0 Å². The normalized spacial score (nSPS) is 19.0. The molecule has 30 heavy (non-hydrogen) atoms. The molecule has 166 valence electrons. The molecule has 0 fully saturated rings. The number of ether oxygens (including phenoxy) is 2. The molecular weight excluding hydrogens is 422 g/mol. The SMILES string of the molecule is C[SiH2]OC(O[SiH2]C)C(C)(C)CC(NC(=O)O)C(=O)C1=COC=C(C2=CC=CCC2)O1. The van der Waals surface area contributed by atoms with Crippen molar-refractivity contribution in [3.8, 4) is 0 Å². The van der Waals surface area contributed by atoms with Gasteiger partial charge in [-0.3, -0.25) is 4.79 Å². The minimum atomic E-state index is -1.29. The topological polar surface area (TPSA) is 103 Å². The summed E-state index contributed by atoms with van der Waals surface area (Å²) in [5, 5.41) is 11.6. The van der Waals surface area contributed by atoms with Gasteiger partial charge in [-0.25, -0.2) is 4.79 Å². The monoisotopic (exact) mass is 453 g/mol. The zero-order valence-corrected chi connectivity index (χ0v) is 20.8. The standard InChI is InChI=1S/C20H31NO7Si2/c1-20(2,18(27-29-3)28-30-4)10-14(21-19(23)24)17(22)16-12-25-11-15(26-16)13-8-6-5-7-9-13/h5-6,8,11-12,14,18,21H,7,9-10,29-30H2,1-4H3,(H,23,24). The summed E-state index contributed by atoms with van der Waals surface area (Å²) in [6.45, 7) is 7.82. The van der Waals surface area contributed by atoms with E-state index in [1.807, 2.05) is 45.2 Å². The lowest BCUT2D eigenvalue weighted by molar-refractivity contribution is -0.124. The Bertz CT molecular complexity index is 752. The molecule has 0 aromatic heterocycles. The molecule has 0 radical (unpaired) electrons. The Labute approximate surface area is 181 Å². The summed E-state index contributed by atoms with van der Waals surface area (Å²) in [5.74, 6) is -0.0769. The lowest BCUT2D eigenvalue weighted by Crippen LogP contribution is -2.47. The highest BCUT2D eigenvalue weighted by atomic mass is 28.2. The van der Waals surface area contributed by atoms with E-state index < -0.39 is 49.1 Å². The summed E-state index contributed by atoms with van der Waals surface area (Å²) >= 11 is 0. The highest BCUT2D eigenvalue weighted by molar-refractivity contribution is 6.26. The molecule has 0 saturated heterocycles. The van der Waals surface area contributed by atoms with E-state index in [4.69, 9.17) is 18.3 Å². The number of allylic oxidation sites excluding steroid dienone is 4. The third-order valence-electron chi connectivity index (χ3n) is 4.76. The van der Waals surface area contributed by atoms with Crippen LogP contribution in [0.1, 0.15) is 33.1 Å². The molecule has 1 aliphatic heterocycles. The van der Waals surface area contributed by atoms with Crippen molar-refractivity contribution >= 4 is 31.4 Å². The summed E-state index contributed by atoms with van der Waals surface area (Å²) in [5.41, 5.74) is 0.335. The first-order chi connectivity index (χ1) is 14.3. The van der Waals surface area contributed by atoms with Gasteiger partial charge in [0.2, 0.25) is 11.5 Å². The molecular formula is C20H31NO7Si2. The second-order valence-electron chi connectivity index (χ2n) is 7.66. The van der Waals surface area contributed by atoms with Gasteiger partial charge >= 0.3 is 6.09 Å². The van der Waals surface area contributed by atoms with E-state index in [2.05, 4.69) is 5.32 Å². The first kappa shape index (κ1) is 24.1. The van der Waals surface area contributed by atoms with Crippen molar-refractivity contribution in [2.45, 2.75) is 58.5 Å². The van der Waals surface area contributed by atoms with Crippen molar-refractivity contribution < 1.29 is 33.0 Å². The summed E-state index contributed by atoms with van der Waals surface area (Å²) in [7, 11) is -1.49. The summed E-state index contributed by atoms with van der Waals surface area (Å²) < 4.78 is 22.8. The fourth-order valence-corrected chi connectivity index (χ4v) is 5.23. The van der Waals surface area contributed by atoms with Gasteiger partial charge in [0.15, 0.2) is 25.3 Å². The maximum absolute atomic E-state index is 13.2. The minimum Gasteiger partial charge on any atom is -0.465 e. The van der Waals surface area contributed by atoms with Gasteiger partial charge < -0.3 is 28.7 Å². The first-order valence-electron chi connectivity index (χ1n) is 10.1. The highest BCUT2D eigenvalue weighted by Gasteiger charge is 2.38. The van der Waals surface area contributed by atoms with Gasteiger partial charge in [-0.1, -0.05) is 45.2 Å². The lowest BCUT2D eigenvalue weighted by Gasteiger charge is -2.36. The van der Waals surface area contributed by atoms with E-state index in [-0.39, 0.29) is 12.2 Å². The van der Waals surface area contributed by atoms with Crippen molar-refractivity contribution in [3.05, 3.63) is 47.8 Å². The Morgan fingerprint density at radius 3 is 2.53 bits per heavy atom. The molecule has 2 aliphatic rings. The van der Waals surface area contributed by atoms with Gasteiger partial charge in [-0.15, -0.1) is 0 Å². The van der Waals surface area contributed by atoms with Crippen molar-refractivity contribution in [1.82, 2.24) is 5.32 Å². The Morgan fingerprint density at radius 2 is 1.97 bits per heavy atom. The summed E-state index contributed by atoms with van der Waals surface area (Å²) in [6.07, 6.45) is 8.61. The zero-order valence-electron chi connectivity index (χ0n) is 18.0. The van der Waals surface area contributed by atoms with Crippen LogP contribution in [0.25, 0.3) is 0 Å². The molecule has 0 aromatic rings. The van der Waals surface area contributed by atoms with E-state index in [1.165, 1.54) is 12.5 Å². The lowest BCUT2D eigenvalue weighted by atomic mass is 9.83. The maximum atomic E-state index is 13.2. The molecule has 1 aliphatic carbocycles. The second kappa shape index (κ2) is 11.3. The Kier molecular flexibility index (Phi) is 9.09. The highest BCUT2D eigenvalue weighted by Crippen LogP contribution is 2.32. The van der Waals surface area contributed by atoms with E-state index in [0.29, 0.717) is 5.76 Å². The van der Waals surface area contributed by atoms with Crippen molar-refractivity contribution in [3.63, 3.8) is 0 Å². The molecule has 2 rings (SSSR count). The minimum absolute atomic E-state index is 0.0365. The van der Waals surface area contributed by atoms with Gasteiger partial charge in [0.1, 0.15) is 18.8 Å². The van der Waals surface area contributed by atoms with E-state index in [1.54, 1.807) is 0 Å². The molecule has 0 saturated carbocycles. The second-order valence-corrected chi connectivity index (χ2v) is 9.48. The van der Waals surface area contributed by atoms with Gasteiger partial charge in [0.25, 0.3) is 0 Å². The number of hydrogen-bond acceptors (Lipinski definition) is 6. The molecule has 10 heteroatoms. The molecule has 0 aromatic carbocycles. The largest absolute Gasteiger partial charge is 0.465 e. The molecule has 1 amide bonds. The number of amides is 1. The molecule has 2 N–H and O–H groups in total.